The van der Waals surface area contributed by atoms with Crippen LogP contribution in [-0.4, -0.2) is 24.6 Å². The Morgan fingerprint density at radius 1 is 1.18 bits per heavy atom. The molecule has 0 rings (SSSR count). The molecule has 5 heteroatoms. The zero-order valence-electron chi connectivity index (χ0n) is 6.05. The number of halogens is 4. The second kappa shape index (κ2) is 5.83. The van der Waals surface area contributed by atoms with Crippen LogP contribution in [0.4, 0.5) is 13.2 Å². The standard InChI is InChI=1S/C6H11BrF3N/c7-3-1-4-11-5-2-6(8,9)10/h11H,1-5H2. The van der Waals surface area contributed by atoms with Crippen molar-refractivity contribution in [2.24, 2.45) is 0 Å². The average molecular weight is 234 g/mol. The molecule has 0 atom stereocenters. The van der Waals surface area contributed by atoms with Gasteiger partial charge in [0.15, 0.2) is 0 Å². The Kier molecular flexibility index (Phi) is 5.95. The van der Waals surface area contributed by atoms with Crippen LogP contribution in [0.25, 0.3) is 0 Å². The predicted octanol–water partition coefficient (Wildman–Crippen LogP) is 2.31. The van der Waals surface area contributed by atoms with E-state index in [2.05, 4.69) is 21.2 Å². The lowest BCUT2D eigenvalue weighted by molar-refractivity contribution is -0.133. The van der Waals surface area contributed by atoms with Crippen LogP contribution >= 0.6 is 15.9 Å². The molecule has 0 radical (unpaired) electrons. The van der Waals surface area contributed by atoms with Crippen molar-refractivity contribution in [1.29, 1.82) is 0 Å². The molecule has 0 fully saturated rings. The lowest BCUT2D eigenvalue weighted by Gasteiger charge is -2.06. The van der Waals surface area contributed by atoms with Gasteiger partial charge in [0, 0.05) is 11.9 Å². The summed E-state index contributed by atoms with van der Waals surface area (Å²) in [5.41, 5.74) is 0. The van der Waals surface area contributed by atoms with Crippen molar-refractivity contribution in [3.63, 3.8) is 0 Å². The smallest absolute Gasteiger partial charge is 0.316 e. The summed E-state index contributed by atoms with van der Waals surface area (Å²) in [6.45, 7) is 0.665. The largest absolute Gasteiger partial charge is 0.390 e. The summed E-state index contributed by atoms with van der Waals surface area (Å²) in [6.07, 6.45) is -3.91. The third-order valence-corrected chi connectivity index (χ3v) is 1.63. The summed E-state index contributed by atoms with van der Waals surface area (Å²) < 4.78 is 34.5. The van der Waals surface area contributed by atoms with Gasteiger partial charge in [-0.25, -0.2) is 0 Å². The SMILES string of the molecule is FC(F)(F)CCNCCCBr. The van der Waals surface area contributed by atoms with Crippen LogP contribution in [0, 0.1) is 0 Å². The Hall–Kier alpha value is 0.230. The third kappa shape index (κ3) is 10.2. The molecule has 11 heavy (non-hydrogen) atoms. The van der Waals surface area contributed by atoms with E-state index in [1.54, 1.807) is 0 Å². The first-order valence-electron chi connectivity index (χ1n) is 3.39. The van der Waals surface area contributed by atoms with E-state index in [-0.39, 0.29) is 6.54 Å². The first-order chi connectivity index (χ1) is 5.06. The maximum absolute atomic E-state index is 11.5. The highest BCUT2D eigenvalue weighted by atomic mass is 79.9. The van der Waals surface area contributed by atoms with E-state index < -0.39 is 12.6 Å². The van der Waals surface area contributed by atoms with E-state index in [0.29, 0.717) is 6.54 Å². The Morgan fingerprint density at radius 2 is 1.82 bits per heavy atom. The molecule has 0 aliphatic rings. The lowest BCUT2D eigenvalue weighted by atomic mass is 10.4. The minimum absolute atomic E-state index is 0.0243. The third-order valence-electron chi connectivity index (χ3n) is 1.07. The summed E-state index contributed by atoms with van der Waals surface area (Å²) in [5.74, 6) is 0. The summed E-state index contributed by atoms with van der Waals surface area (Å²) in [7, 11) is 0. The number of alkyl halides is 4. The van der Waals surface area contributed by atoms with Gasteiger partial charge in [0.1, 0.15) is 0 Å². The van der Waals surface area contributed by atoms with Gasteiger partial charge in [0.2, 0.25) is 0 Å². The fourth-order valence-electron chi connectivity index (χ4n) is 0.547. The molecular weight excluding hydrogens is 223 g/mol. The number of rotatable bonds is 5. The molecule has 0 saturated carbocycles. The number of hydrogen-bond acceptors (Lipinski definition) is 1. The van der Waals surface area contributed by atoms with Gasteiger partial charge in [-0.15, -0.1) is 0 Å². The van der Waals surface area contributed by atoms with Crippen molar-refractivity contribution in [2.75, 3.05) is 18.4 Å². The van der Waals surface area contributed by atoms with Crippen LogP contribution < -0.4 is 5.32 Å². The molecule has 0 aromatic heterocycles. The molecule has 0 spiro atoms. The molecule has 0 heterocycles. The van der Waals surface area contributed by atoms with Crippen molar-refractivity contribution < 1.29 is 13.2 Å². The van der Waals surface area contributed by atoms with Crippen molar-refractivity contribution in [3.8, 4) is 0 Å². The van der Waals surface area contributed by atoms with E-state index in [9.17, 15) is 13.2 Å². The first kappa shape index (κ1) is 11.2. The van der Waals surface area contributed by atoms with Crippen molar-refractivity contribution in [1.82, 2.24) is 5.32 Å². The van der Waals surface area contributed by atoms with Crippen LogP contribution in [0.15, 0.2) is 0 Å². The summed E-state index contributed by atoms with van der Waals surface area (Å²) in [4.78, 5) is 0. The molecule has 0 aliphatic carbocycles. The highest BCUT2D eigenvalue weighted by molar-refractivity contribution is 9.09. The summed E-state index contributed by atoms with van der Waals surface area (Å²) >= 11 is 3.18. The quantitative estimate of drug-likeness (QED) is 0.568. The van der Waals surface area contributed by atoms with Crippen LogP contribution in [0.3, 0.4) is 0 Å². The molecule has 0 saturated heterocycles. The zero-order chi connectivity index (χ0) is 8.74. The van der Waals surface area contributed by atoms with E-state index in [4.69, 9.17) is 0 Å². The van der Waals surface area contributed by atoms with Crippen molar-refractivity contribution in [3.05, 3.63) is 0 Å². The zero-order valence-corrected chi connectivity index (χ0v) is 7.63. The van der Waals surface area contributed by atoms with Gasteiger partial charge in [0.05, 0.1) is 6.42 Å². The van der Waals surface area contributed by atoms with Crippen LogP contribution in [0.1, 0.15) is 12.8 Å². The molecule has 0 amide bonds. The molecule has 0 aliphatic heterocycles. The summed E-state index contributed by atoms with van der Waals surface area (Å²) in [5, 5.41) is 3.52. The second-order valence-electron chi connectivity index (χ2n) is 2.16. The molecule has 0 bridgehead atoms. The van der Waals surface area contributed by atoms with Gasteiger partial charge in [-0.3, -0.25) is 0 Å². The Balaban J connectivity index is 3.02. The highest BCUT2D eigenvalue weighted by Crippen LogP contribution is 2.17. The van der Waals surface area contributed by atoms with Crippen LogP contribution in [0.2, 0.25) is 0 Å². The van der Waals surface area contributed by atoms with Gasteiger partial charge in [-0.05, 0) is 13.0 Å². The van der Waals surface area contributed by atoms with Crippen molar-refractivity contribution in [2.45, 2.75) is 19.0 Å². The molecule has 1 N–H and O–H groups in total. The van der Waals surface area contributed by atoms with Gasteiger partial charge in [-0.1, -0.05) is 15.9 Å². The molecular formula is C6H11BrF3N. The highest BCUT2D eigenvalue weighted by Gasteiger charge is 2.25. The van der Waals surface area contributed by atoms with E-state index >= 15 is 0 Å². The van der Waals surface area contributed by atoms with Crippen LogP contribution in [0.5, 0.6) is 0 Å². The number of nitrogens with one attached hydrogen (secondary N) is 1. The fourth-order valence-corrected chi connectivity index (χ4v) is 0.827. The maximum atomic E-state index is 11.5. The summed E-state index contributed by atoms with van der Waals surface area (Å²) in [6, 6.07) is 0. The van der Waals surface area contributed by atoms with Gasteiger partial charge >= 0.3 is 6.18 Å². The number of hydrogen-bond donors (Lipinski definition) is 1. The monoisotopic (exact) mass is 233 g/mol. The minimum Gasteiger partial charge on any atom is -0.316 e. The van der Waals surface area contributed by atoms with Gasteiger partial charge in [0.25, 0.3) is 0 Å². The van der Waals surface area contributed by atoms with Gasteiger partial charge < -0.3 is 5.32 Å². The second-order valence-corrected chi connectivity index (χ2v) is 2.95. The molecule has 0 unspecified atom stereocenters. The minimum atomic E-state index is -4.03. The van der Waals surface area contributed by atoms with Crippen LogP contribution in [-0.2, 0) is 0 Å². The molecule has 0 aromatic rings. The van der Waals surface area contributed by atoms with E-state index in [1.807, 2.05) is 0 Å². The normalized spacial score (nSPS) is 12.0. The fraction of sp³-hybridized carbons (Fsp3) is 1.00. The molecule has 0 aromatic carbocycles. The van der Waals surface area contributed by atoms with E-state index in [0.717, 1.165) is 11.8 Å². The van der Waals surface area contributed by atoms with E-state index in [1.165, 1.54) is 0 Å². The average Bonchev–Trinajstić information content (AvgIpc) is 1.85. The Morgan fingerprint density at radius 3 is 2.27 bits per heavy atom. The topological polar surface area (TPSA) is 12.0 Å². The molecule has 68 valence electrons. The first-order valence-corrected chi connectivity index (χ1v) is 4.52. The Labute approximate surface area is 72.5 Å². The molecule has 1 nitrogen and oxygen atoms in total. The van der Waals surface area contributed by atoms with Crippen molar-refractivity contribution >= 4 is 15.9 Å². The van der Waals surface area contributed by atoms with Gasteiger partial charge in [-0.2, -0.15) is 13.2 Å². The predicted molar refractivity (Wildman–Crippen MR) is 42.0 cm³/mol. The lowest BCUT2D eigenvalue weighted by Crippen LogP contribution is -2.22. The Bertz CT molecular complexity index is 94.3. The maximum Gasteiger partial charge on any atom is 0.390 e.